The van der Waals surface area contributed by atoms with Gasteiger partial charge in [-0.1, -0.05) is 35.5 Å². The topological polar surface area (TPSA) is 41.6 Å². The van der Waals surface area contributed by atoms with E-state index in [0.717, 1.165) is 11.3 Å². The Bertz CT molecular complexity index is 326. The van der Waals surface area contributed by atoms with E-state index in [9.17, 15) is 0 Å². The molecule has 0 aliphatic carbocycles. The second kappa shape index (κ2) is 3.17. The Morgan fingerprint density at radius 1 is 1.17 bits per heavy atom. The number of hydrogen-bond acceptors (Lipinski definition) is 2. The standard InChI is InChI=1S/C9H8N3/c1-2-4-8(5-3-1)6-9-7-10-12-11-9/h1-7H,(H,10,11,12). The van der Waals surface area contributed by atoms with Crippen LogP contribution in [-0.4, -0.2) is 15.4 Å². The van der Waals surface area contributed by atoms with Crippen molar-refractivity contribution in [3.05, 3.63) is 54.2 Å². The summed E-state index contributed by atoms with van der Waals surface area (Å²) in [5, 5.41) is 10.1. The van der Waals surface area contributed by atoms with Crippen LogP contribution in [0.2, 0.25) is 0 Å². The van der Waals surface area contributed by atoms with E-state index in [1.165, 1.54) is 0 Å². The minimum atomic E-state index is 0.848. The van der Waals surface area contributed by atoms with E-state index in [0.29, 0.717) is 0 Å². The molecule has 0 fully saturated rings. The number of hydrogen-bond donors (Lipinski definition) is 1. The summed E-state index contributed by atoms with van der Waals surface area (Å²) >= 11 is 0. The fourth-order valence-electron chi connectivity index (χ4n) is 1.00. The molecule has 3 heteroatoms. The van der Waals surface area contributed by atoms with Crippen molar-refractivity contribution in [2.24, 2.45) is 0 Å². The van der Waals surface area contributed by atoms with Crippen molar-refractivity contribution < 1.29 is 0 Å². The first-order valence-corrected chi connectivity index (χ1v) is 3.71. The van der Waals surface area contributed by atoms with Crippen LogP contribution < -0.4 is 0 Å². The first-order chi connectivity index (χ1) is 5.95. The van der Waals surface area contributed by atoms with Crippen LogP contribution in [-0.2, 0) is 0 Å². The Labute approximate surface area is 70.4 Å². The lowest BCUT2D eigenvalue weighted by molar-refractivity contribution is 0.931. The molecule has 0 spiro atoms. The second-order valence-electron chi connectivity index (χ2n) is 2.45. The Kier molecular flexibility index (Phi) is 1.86. The molecule has 1 heterocycles. The van der Waals surface area contributed by atoms with E-state index in [-0.39, 0.29) is 0 Å². The molecular weight excluding hydrogens is 150 g/mol. The predicted molar refractivity (Wildman–Crippen MR) is 45.3 cm³/mol. The van der Waals surface area contributed by atoms with Crippen molar-refractivity contribution in [3.63, 3.8) is 0 Å². The van der Waals surface area contributed by atoms with Crippen molar-refractivity contribution in [2.75, 3.05) is 0 Å². The zero-order valence-corrected chi connectivity index (χ0v) is 6.44. The molecule has 1 radical (unpaired) electrons. The normalized spacial score (nSPS) is 10.0. The van der Waals surface area contributed by atoms with Crippen LogP contribution in [0.4, 0.5) is 0 Å². The Hall–Kier alpha value is -1.64. The number of aromatic nitrogens is 3. The van der Waals surface area contributed by atoms with Crippen molar-refractivity contribution in [3.8, 4) is 0 Å². The van der Waals surface area contributed by atoms with Gasteiger partial charge in [0.1, 0.15) is 0 Å². The van der Waals surface area contributed by atoms with Crippen LogP contribution in [0.3, 0.4) is 0 Å². The number of aromatic amines is 1. The third-order valence-corrected chi connectivity index (χ3v) is 1.55. The smallest absolute Gasteiger partial charge is 0.0909 e. The summed E-state index contributed by atoms with van der Waals surface area (Å²) in [7, 11) is 0. The first kappa shape index (κ1) is 7.03. The van der Waals surface area contributed by atoms with Crippen molar-refractivity contribution >= 4 is 0 Å². The van der Waals surface area contributed by atoms with Gasteiger partial charge in [-0.2, -0.15) is 0 Å². The quantitative estimate of drug-likeness (QED) is 0.717. The van der Waals surface area contributed by atoms with Gasteiger partial charge in [0, 0.05) is 12.6 Å². The molecule has 0 bridgehead atoms. The Morgan fingerprint density at radius 3 is 2.67 bits per heavy atom. The molecule has 0 saturated carbocycles. The van der Waals surface area contributed by atoms with Gasteiger partial charge < -0.3 is 0 Å². The van der Waals surface area contributed by atoms with Crippen LogP contribution in [0.25, 0.3) is 0 Å². The first-order valence-electron chi connectivity index (χ1n) is 3.71. The molecule has 59 valence electrons. The summed E-state index contributed by atoms with van der Waals surface area (Å²) in [5.74, 6) is 0. The maximum atomic E-state index is 3.85. The molecule has 12 heavy (non-hydrogen) atoms. The average molecular weight is 158 g/mol. The Balaban J connectivity index is 2.15. The van der Waals surface area contributed by atoms with Crippen molar-refractivity contribution in [1.82, 2.24) is 15.4 Å². The third kappa shape index (κ3) is 1.50. The molecule has 2 aromatic rings. The fraction of sp³-hybridized carbons (Fsp3) is 0. The number of benzene rings is 1. The largest absolute Gasteiger partial charge is 0.265 e. The zero-order valence-electron chi connectivity index (χ0n) is 6.44. The van der Waals surface area contributed by atoms with Gasteiger partial charge in [0.2, 0.25) is 0 Å². The van der Waals surface area contributed by atoms with Crippen molar-refractivity contribution in [1.29, 1.82) is 0 Å². The van der Waals surface area contributed by atoms with Gasteiger partial charge in [0.25, 0.3) is 0 Å². The fourth-order valence-corrected chi connectivity index (χ4v) is 1.00. The molecule has 0 saturated heterocycles. The summed E-state index contributed by atoms with van der Waals surface area (Å²) in [6.45, 7) is 0. The second-order valence-corrected chi connectivity index (χ2v) is 2.45. The van der Waals surface area contributed by atoms with E-state index in [4.69, 9.17) is 0 Å². The molecule has 3 nitrogen and oxygen atoms in total. The van der Waals surface area contributed by atoms with Gasteiger partial charge in [-0.3, -0.25) is 5.10 Å². The predicted octanol–water partition coefficient (Wildman–Crippen LogP) is 1.41. The van der Waals surface area contributed by atoms with Gasteiger partial charge in [-0.15, -0.1) is 5.10 Å². The molecule has 0 unspecified atom stereocenters. The van der Waals surface area contributed by atoms with Crippen LogP contribution >= 0.6 is 0 Å². The summed E-state index contributed by atoms with van der Waals surface area (Å²) in [5.41, 5.74) is 1.98. The SMILES string of the molecule is [CH](c1ccccc1)c1c[nH]nn1. The number of nitrogens with zero attached hydrogens (tertiary/aromatic N) is 2. The lowest BCUT2D eigenvalue weighted by Gasteiger charge is -1.93. The summed E-state index contributed by atoms with van der Waals surface area (Å²) in [4.78, 5) is 0. The summed E-state index contributed by atoms with van der Waals surface area (Å²) in [6.07, 6.45) is 3.72. The van der Waals surface area contributed by atoms with Crippen LogP contribution in [0.1, 0.15) is 11.3 Å². The minimum absolute atomic E-state index is 0.848. The molecule has 0 amide bonds. The van der Waals surface area contributed by atoms with Crippen LogP contribution in [0, 0.1) is 6.42 Å². The number of nitrogens with one attached hydrogen (secondary N) is 1. The van der Waals surface area contributed by atoms with Gasteiger partial charge in [-0.25, -0.2) is 0 Å². The number of rotatable bonds is 2. The highest BCUT2D eigenvalue weighted by Crippen LogP contribution is 2.06. The molecule has 1 aromatic carbocycles. The van der Waals surface area contributed by atoms with E-state index in [2.05, 4.69) is 15.4 Å². The highest BCUT2D eigenvalue weighted by molar-refractivity contribution is 5.30. The average Bonchev–Trinajstić information content (AvgIpc) is 2.59. The summed E-state index contributed by atoms with van der Waals surface area (Å²) < 4.78 is 0. The lowest BCUT2D eigenvalue weighted by atomic mass is 10.1. The van der Waals surface area contributed by atoms with Crippen molar-refractivity contribution in [2.45, 2.75) is 0 Å². The third-order valence-electron chi connectivity index (χ3n) is 1.55. The van der Waals surface area contributed by atoms with E-state index < -0.39 is 0 Å². The highest BCUT2D eigenvalue weighted by Gasteiger charge is 1.97. The zero-order chi connectivity index (χ0) is 8.23. The van der Waals surface area contributed by atoms with E-state index >= 15 is 0 Å². The van der Waals surface area contributed by atoms with Gasteiger partial charge in [0.05, 0.1) is 5.69 Å². The van der Waals surface area contributed by atoms with Gasteiger partial charge in [0.15, 0.2) is 0 Å². The molecule has 0 aliphatic rings. The van der Waals surface area contributed by atoms with Gasteiger partial charge >= 0.3 is 0 Å². The molecule has 2 rings (SSSR count). The van der Waals surface area contributed by atoms with Crippen LogP contribution in [0.15, 0.2) is 36.5 Å². The molecule has 1 N–H and O–H groups in total. The highest BCUT2D eigenvalue weighted by atomic mass is 15.3. The molecule has 0 aliphatic heterocycles. The maximum absolute atomic E-state index is 3.85. The molecule has 0 atom stereocenters. The number of H-pyrrole nitrogens is 1. The van der Waals surface area contributed by atoms with E-state index in [1.54, 1.807) is 6.20 Å². The minimum Gasteiger partial charge on any atom is -0.265 e. The van der Waals surface area contributed by atoms with E-state index in [1.807, 2.05) is 36.8 Å². The monoisotopic (exact) mass is 158 g/mol. The summed E-state index contributed by atoms with van der Waals surface area (Å²) in [6, 6.07) is 10.0. The van der Waals surface area contributed by atoms with Crippen LogP contribution in [0.5, 0.6) is 0 Å². The maximum Gasteiger partial charge on any atom is 0.0909 e. The lowest BCUT2D eigenvalue weighted by Crippen LogP contribution is -1.83. The Morgan fingerprint density at radius 2 is 2.00 bits per heavy atom. The molecule has 1 aromatic heterocycles. The van der Waals surface area contributed by atoms with Gasteiger partial charge in [-0.05, 0) is 5.56 Å². The molecular formula is C9H8N3.